The van der Waals surface area contributed by atoms with E-state index in [-0.39, 0.29) is 48.4 Å². The number of rotatable bonds is 12. The predicted octanol–water partition coefficient (Wildman–Crippen LogP) is 6.91. The van der Waals surface area contributed by atoms with E-state index < -0.39 is 35.9 Å². The molecule has 0 saturated carbocycles. The number of ether oxygens (including phenoxy) is 2. The highest BCUT2D eigenvalue weighted by atomic mass is 35.5. The van der Waals surface area contributed by atoms with E-state index in [1.807, 2.05) is 80.6 Å². The Morgan fingerprint density at radius 2 is 1.48 bits per heavy atom. The van der Waals surface area contributed by atoms with Crippen LogP contribution in [0.1, 0.15) is 81.8 Å². The number of aromatic nitrogens is 2. The van der Waals surface area contributed by atoms with Gasteiger partial charge in [-0.15, -0.1) is 0 Å². The molecule has 4 aliphatic rings. The van der Waals surface area contributed by atoms with Gasteiger partial charge in [0.15, 0.2) is 0 Å². The number of nitrogens with one attached hydrogen (secondary N) is 2. The van der Waals surface area contributed by atoms with Crippen molar-refractivity contribution in [1.29, 1.82) is 0 Å². The van der Waals surface area contributed by atoms with Gasteiger partial charge in [0.25, 0.3) is 0 Å². The molecule has 63 heavy (non-hydrogen) atoms. The minimum absolute atomic E-state index is 0.0241. The maximum absolute atomic E-state index is 14.4. The van der Waals surface area contributed by atoms with E-state index in [4.69, 9.17) is 26.1 Å². The number of carbonyl (C=O) groups is 6. The molecule has 0 spiro atoms. The Labute approximate surface area is 371 Å². The fourth-order valence-corrected chi connectivity index (χ4v) is 10.0. The lowest BCUT2D eigenvalue weighted by molar-refractivity contribution is -0.148. The molecule has 330 valence electrons. The van der Waals surface area contributed by atoms with Gasteiger partial charge in [-0.3, -0.25) is 33.7 Å². The van der Waals surface area contributed by atoms with E-state index >= 15 is 0 Å². The number of methoxy groups -OCH3 is 2. The molecule has 0 unspecified atom stereocenters. The maximum Gasteiger partial charge on any atom is 0.306 e. The van der Waals surface area contributed by atoms with Gasteiger partial charge < -0.3 is 29.6 Å². The van der Waals surface area contributed by atoms with E-state index in [2.05, 4.69) is 10.3 Å². The van der Waals surface area contributed by atoms with Gasteiger partial charge in [0.05, 0.1) is 44.7 Å². The Hall–Kier alpha value is -6.02. The molecule has 1 aromatic heterocycles. The lowest BCUT2D eigenvalue weighted by atomic mass is 9.91. The molecule has 0 bridgehead atoms. The number of halogens is 1. The van der Waals surface area contributed by atoms with Gasteiger partial charge in [0.1, 0.15) is 28.8 Å². The minimum atomic E-state index is -0.798. The zero-order chi connectivity index (χ0) is 44.5. The van der Waals surface area contributed by atoms with Gasteiger partial charge in [-0.1, -0.05) is 80.0 Å². The molecule has 2 saturated heterocycles. The van der Waals surface area contributed by atoms with Gasteiger partial charge in [0.2, 0.25) is 23.6 Å². The summed E-state index contributed by atoms with van der Waals surface area (Å²) >= 11 is 6.72. The first-order valence-corrected chi connectivity index (χ1v) is 22.2. The third kappa shape index (κ3) is 8.69. The second-order valence-electron chi connectivity index (χ2n) is 17.3. The van der Waals surface area contributed by atoms with Crippen molar-refractivity contribution < 1.29 is 38.2 Å². The highest BCUT2D eigenvalue weighted by Gasteiger charge is 2.47. The summed E-state index contributed by atoms with van der Waals surface area (Å²) in [5, 5.41) is 3.38. The Balaban J connectivity index is 0.915. The van der Waals surface area contributed by atoms with Crippen molar-refractivity contribution in [2.75, 3.05) is 37.5 Å². The number of H-pyrrole nitrogens is 1. The number of imidazole rings is 1. The summed E-state index contributed by atoms with van der Waals surface area (Å²) in [6.07, 6.45) is 4.10. The topological polar surface area (TPSA) is 171 Å². The number of esters is 2. The highest BCUT2D eigenvalue weighted by Crippen LogP contribution is 2.42. The predicted molar refractivity (Wildman–Crippen MR) is 236 cm³/mol. The highest BCUT2D eigenvalue weighted by molar-refractivity contribution is 6.32. The van der Waals surface area contributed by atoms with Crippen LogP contribution in [0.15, 0.2) is 66.7 Å². The Morgan fingerprint density at radius 3 is 2.17 bits per heavy atom. The summed E-state index contributed by atoms with van der Waals surface area (Å²) in [6, 6.07) is 19.4. The van der Waals surface area contributed by atoms with Crippen LogP contribution in [0.5, 0.6) is 0 Å². The third-order valence-electron chi connectivity index (χ3n) is 13.2. The van der Waals surface area contributed by atoms with Crippen molar-refractivity contribution in [3.8, 4) is 22.4 Å². The number of para-hydroxylation sites is 1. The zero-order valence-electron chi connectivity index (χ0n) is 36.0. The average molecular weight is 877 g/mol. The zero-order valence-corrected chi connectivity index (χ0v) is 36.8. The van der Waals surface area contributed by atoms with Crippen LogP contribution in [-0.2, 0) is 51.1 Å². The van der Waals surface area contributed by atoms with Crippen molar-refractivity contribution in [2.45, 2.75) is 89.8 Å². The molecule has 15 heteroatoms. The summed E-state index contributed by atoms with van der Waals surface area (Å²) in [6.45, 7) is 4.84. The average Bonchev–Trinajstić information content (AvgIpc) is 4.11. The Morgan fingerprint density at radius 1 is 0.825 bits per heavy atom. The molecule has 0 radical (unpaired) electrons. The molecule has 5 heterocycles. The molecule has 3 aromatic carbocycles. The molecule has 4 aliphatic heterocycles. The van der Waals surface area contributed by atoms with Gasteiger partial charge in [0, 0.05) is 36.7 Å². The van der Waals surface area contributed by atoms with Crippen LogP contribution < -0.4 is 10.2 Å². The second-order valence-corrected chi connectivity index (χ2v) is 17.7. The largest absolute Gasteiger partial charge is 0.469 e. The quantitative estimate of drug-likeness (QED) is 0.144. The standard InChI is InChI=1S/C48H53ClN6O8/c1-27(2)35(26-40(57)63-4)47(60)53-22-6-10-36(53)44-51-41(43(49)52-44)30-14-12-28(13-15-30)29-18-20-34(21-19-29)50-45(58)37-11-7-23-54(37)48(61)38-24-32-9-5-8-31-16-17-33(25-39(56)62-3)46(59)55(38)42(31)32/h5,8-9,12-15,18-21,27,33,35-38H,6-7,10-11,16-17,22-26H2,1-4H3,(H,50,58)(H,51,52)/t33-,35+,36+,37+,38+/m1/s1. The molecular formula is C48H53ClN6O8. The first-order valence-electron chi connectivity index (χ1n) is 21.8. The molecule has 4 amide bonds. The lowest BCUT2D eigenvalue weighted by Gasteiger charge is -2.32. The van der Waals surface area contributed by atoms with Crippen LogP contribution in [0.2, 0.25) is 5.15 Å². The van der Waals surface area contributed by atoms with Crippen molar-refractivity contribution in [1.82, 2.24) is 19.8 Å². The van der Waals surface area contributed by atoms with Crippen LogP contribution in [0, 0.1) is 17.8 Å². The number of carbonyl (C=O) groups excluding carboxylic acids is 6. The van der Waals surface area contributed by atoms with Crippen molar-refractivity contribution in [2.24, 2.45) is 17.8 Å². The van der Waals surface area contributed by atoms with E-state index in [0.29, 0.717) is 67.6 Å². The molecular weight excluding hydrogens is 824 g/mol. The van der Waals surface area contributed by atoms with E-state index in [1.54, 1.807) is 14.7 Å². The van der Waals surface area contributed by atoms with Gasteiger partial charge in [-0.05, 0) is 78.8 Å². The third-order valence-corrected chi connectivity index (χ3v) is 13.5. The Bertz CT molecular complexity index is 2420. The molecule has 2 N–H and O–H groups in total. The minimum Gasteiger partial charge on any atom is -0.469 e. The number of hydrogen-bond acceptors (Lipinski definition) is 9. The fourth-order valence-electron chi connectivity index (χ4n) is 9.76. The molecule has 8 rings (SSSR count). The SMILES string of the molecule is COC(=O)C[C@H]1CCc2cccc3c2N(C1=O)[C@H](C(=O)N1CCC[C@H]1C(=O)Nc1ccc(-c2ccc(-c4nc([C@@H]5CCCN5C(=O)[C@@H](CC(=O)OC)C(C)C)[nH]c4Cl)cc2)cc1)C3. The van der Waals surface area contributed by atoms with Gasteiger partial charge in [-0.25, -0.2) is 4.98 Å². The number of amides is 4. The summed E-state index contributed by atoms with van der Waals surface area (Å²) in [4.78, 5) is 93.3. The number of aromatic amines is 1. The van der Waals surface area contributed by atoms with Crippen molar-refractivity contribution >= 4 is 58.5 Å². The van der Waals surface area contributed by atoms with Crippen LogP contribution in [0.25, 0.3) is 22.4 Å². The Kier molecular flexibility index (Phi) is 12.7. The molecule has 2 fully saturated rings. The second kappa shape index (κ2) is 18.4. The maximum atomic E-state index is 14.4. The number of nitrogens with zero attached hydrogens (tertiary/aromatic N) is 4. The van der Waals surface area contributed by atoms with Crippen LogP contribution in [0.4, 0.5) is 11.4 Å². The normalized spacial score (nSPS) is 21.0. The van der Waals surface area contributed by atoms with Crippen molar-refractivity contribution in [3.05, 3.63) is 88.8 Å². The smallest absolute Gasteiger partial charge is 0.306 e. The molecule has 0 aliphatic carbocycles. The molecule has 4 aromatic rings. The van der Waals surface area contributed by atoms with Crippen LogP contribution in [0.3, 0.4) is 0 Å². The monoisotopic (exact) mass is 876 g/mol. The summed E-state index contributed by atoms with van der Waals surface area (Å²) < 4.78 is 9.75. The summed E-state index contributed by atoms with van der Waals surface area (Å²) in [5.41, 5.74) is 6.49. The van der Waals surface area contributed by atoms with Gasteiger partial charge in [-0.2, -0.15) is 0 Å². The van der Waals surface area contributed by atoms with Crippen molar-refractivity contribution in [3.63, 3.8) is 0 Å². The van der Waals surface area contributed by atoms with E-state index in [1.165, 1.54) is 14.2 Å². The van der Waals surface area contributed by atoms with Crippen LogP contribution in [-0.4, -0.2) is 94.7 Å². The van der Waals surface area contributed by atoms with Crippen LogP contribution >= 0.6 is 11.6 Å². The summed E-state index contributed by atoms with van der Waals surface area (Å²) in [5.74, 6) is -2.32. The first kappa shape index (κ1) is 43.6. The summed E-state index contributed by atoms with van der Waals surface area (Å²) in [7, 11) is 2.63. The number of aryl methyl sites for hydroxylation is 1. The van der Waals surface area contributed by atoms with Gasteiger partial charge >= 0.3 is 11.9 Å². The van der Waals surface area contributed by atoms with E-state index in [0.717, 1.165) is 46.3 Å². The fraction of sp³-hybridized carbons (Fsp3) is 0.438. The number of anilines is 2. The molecule has 5 atom stereocenters. The van der Waals surface area contributed by atoms with E-state index in [9.17, 15) is 28.8 Å². The lowest BCUT2D eigenvalue weighted by Crippen LogP contribution is -2.54. The number of benzene rings is 3. The number of likely N-dealkylation sites (tertiary alicyclic amines) is 2. The first-order chi connectivity index (χ1) is 30.4. The molecule has 14 nitrogen and oxygen atoms in total. The number of hydrogen-bond donors (Lipinski definition) is 2.